The summed E-state index contributed by atoms with van der Waals surface area (Å²) in [5, 5.41) is 27.2. The number of likely N-dealkylation sites (N-methyl/N-ethyl adjacent to an activating group) is 1. The van der Waals surface area contributed by atoms with Crippen molar-refractivity contribution in [3.8, 4) is 0 Å². The van der Waals surface area contributed by atoms with Crippen LogP contribution in [0.5, 0.6) is 0 Å². The Morgan fingerprint density at radius 3 is 1.93 bits per heavy atom. The lowest BCUT2D eigenvalue weighted by molar-refractivity contribution is -0.941. The van der Waals surface area contributed by atoms with Gasteiger partial charge in [-0.3, -0.25) is 0 Å². The molecule has 0 amide bonds. The molecule has 0 spiro atoms. The number of aliphatic hydroxyl groups is 3. The standard InChI is InChI=1S/C9H22NO3.ClH/c1-9(2,7-12)10(3,4)5-8(13)6-11;/h8,11-13H,5-7H2,1-4H3;1H/q+1;/p-1. The van der Waals surface area contributed by atoms with E-state index < -0.39 is 6.10 Å². The van der Waals surface area contributed by atoms with Gasteiger partial charge >= 0.3 is 0 Å². The molecule has 88 valence electrons. The molecule has 0 saturated heterocycles. The van der Waals surface area contributed by atoms with Crippen LogP contribution >= 0.6 is 0 Å². The van der Waals surface area contributed by atoms with Crippen LogP contribution in [0, 0.1) is 0 Å². The first-order valence-corrected chi connectivity index (χ1v) is 4.49. The molecule has 0 rings (SSSR count). The summed E-state index contributed by atoms with van der Waals surface area (Å²) in [6, 6.07) is 0. The lowest BCUT2D eigenvalue weighted by Gasteiger charge is -2.44. The lowest BCUT2D eigenvalue weighted by atomic mass is 10.0. The molecule has 1 atom stereocenters. The minimum Gasteiger partial charge on any atom is -1.00 e. The minimum absolute atomic E-state index is 0. The van der Waals surface area contributed by atoms with Gasteiger partial charge in [0, 0.05) is 0 Å². The molecule has 0 saturated carbocycles. The number of nitrogens with zero attached hydrogens (tertiary/aromatic N) is 1. The Morgan fingerprint density at radius 2 is 1.64 bits per heavy atom. The van der Waals surface area contributed by atoms with Crippen molar-refractivity contribution in [2.75, 3.05) is 33.9 Å². The third-order valence-electron chi connectivity index (χ3n) is 2.90. The Morgan fingerprint density at radius 1 is 1.21 bits per heavy atom. The average Bonchev–Trinajstić information content (AvgIpc) is 2.03. The van der Waals surface area contributed by atoms with Gasteiger partial charge in [0.25, 0.3) is 0 Å². The number of rotatable bonds is 5. The van der Waals surface area contributed by atoms with Crippen molar-refractivity contribution < 1.29 is 32.2 Å². The molecule has 0 aromatic heterocycles. The summed E-state index contributed by atoms with van der Waals surface area (Å²) < 4.78 is 0.477. The van der Waals surface area contributed by atoms with E-state index in [1.807, 2.05) is 27.9 Å². The SMILES string of the molecule is CC(C)(CO)[N+](C)(C)CC(O)CO.[Cl-]. The summed E-state index contributed by atoms with van der Waals surface area (Å²) in [7, 11) is 3.85. The van der Waals surface area contributed by atoms with Crippen LogP contribution in [0.3, 0.4) is 0 Å². The second-order valence-electron chi connectivity index (χ2n) is 4.67. The number of halogens is 1. The Kier molecular flexibility index (Phi) is 6.95. The Balaban J connectivity index is 0. The van der Waals surface area contributed by atoms with Crippen LogP contribution in [0.25, 0.3) is 0 Å². The van der Waals surface area contributed by atoms with E-state index in [4.69, 9.17) is 10.2 Å². The smallest absolute Gasteiger partial charge is 0.126 e. The maximum atomic E-state index is 9.31. The number of hydrogen-bond acceptors (Lipinski definition) is 3. The topological polar surface area (TPSA) is 60.7 Å². The molecule has 3 N–H and O–H groups in total. The van der Waals surface area contributed by atoms with E-state index in [-0.39, 0.29) is 31.2 Å². The van der Waals surface area contributed by atoms with Crippen LogP contribution in [0.1, 0.15) is 13.8 Å². The first kappa shape index (κ1) is 16.6. The fourth-order valence-corrected chi connectivity index (χ4v) is 1.02. The van der Waals surface area contributed by atoms with Gasteiger partial charge in [0.2, 0.25) is 0 Å². The summed E-state index contributed by atoms with van der Waals surface area (Å²) >= 11 is 0. The summed E-state index contributed by atoms with van der Waals surface area (Å²) in [4.78, 5) is 0. The highest BCUT2D eigenvalue weighted by Gasteiger charge is 2.37. The quantitative estimate of drug-likeness (QED) is 0.422. The van der Waals surface area contributed by atoms with E-state index in [0.717, 1.165) is 0 Å². The number of aliphatic hydroxyl groups excluding tert-OH is 3. The molecule has 1 unspecified atom stereocenters. The summed E-state index contributed by atoms with van der Waals surface area (Å²) in [6.07, 6.45) is -0.721. The zero-order chi connectivity index (χ0) is 10.7. The molecular formula is C9H22ClNO3. The van der Waals surface area contributed by atoms with Gasteiger partial charge in [-0.25, -0.2) is 0 Å². The number of quaternary nitrogens is 1. The Hall–Kier alpha value is 0.130. The van der Waals surface area contributed by atoms with Gasteiger partial charge < -0.3 is 32.2 Å². The molecule has 0 aliphatic heterocycles. The Labute approximate surface area is 92.2 Å². The molecule has 0 aromatic rings. The maximum absolute atomic E-state index is 9.31. The highest BCUT2D eigenvalue weighted by Crippen LogP contribution is 2.19. The first-order chi connectivity index (χ1) is 5.77. The Bertz CT molecular complexity index is 162. The molecule has 0 heterocycles. The summed E-state index contributed by atoms with van der Waals surface area (Å²) in [5.41, 5.74) is -0.309. The molecule has 0 radical (unpaired) electrons. The molecule has 0 fully saturated rings. The van der Waals surface area contributed by atoms with Gasteiger partial charge in [-0.1, -0.05) is 0 Å². The predicted molar refractivity (Wildman–Crippen MR) is 51.2 cm³/mol. The first-order valence-electron chi connectivity index (χ1n) is 4.49. The zero-order valence-electron chi connectivity index (χ0n) is 9.37. The van der Waals surface area contributed by atoms with Crippen molar-refractivity contribution in [2.45, 2.75) is 25.5 Å². The lowest BCUT2D eigenvalue weighted by Crippen LogP contribution is -3.00. The van der Waals surface area contributed by atoms with Crippen LogP contribution in [-0.2, 0) is 0 Å². The van der Waals surface area contributed by atoms with Gasteiger partial charge in [-0.05, 0) is 13.8 Å². The zero-order valence-corrected chi connectivity index (χ0v) is 10.1. The third-order valence-corrected chi connectivity index (χ3v) is 2.90. The fourth-order valence-electron chi connectivity index (χ4n) is 1.02. The largest absolute Gasteiger partial charge is 1.00 e. The molecular weight excluding hydrogens is 206 g/mol. The second-order valence-corrected chi connectivity index (χ2v) is 4.67. The third kappa shape index (κ3) is 4.11. The van der Waals surface area contributed by atoms with E-state index in [1.165, 1.54) is 0 Å². The molecule has 0 aromatic carbocycles. The second kappa shape index (κ2) is 5.88. The normalized spacial score (nSPS) is 14.8. The minimum atomic E-state index is -0.721. The van der Waals surface area contributed by atoms with Crippen LogP contribution in [0.15, 0.2) is 0 Å². The van der Waals surface area contributed by atoms with Crippen LogP contribution in [0.2, 0.25) is 0 Å². The van der Waals surface area contributed by atoms with E-state index in [0.29, 0.717) is 11.0 Å². The van der Waals surface area contributed by atoms with Crippen molar-refractivity contribution >= 4 is 0 Å². The van der Waals surface area contributed by atoms with Gasteiger partial charge in [0.15, 0.2) is 0 Å². The summed E-state index contributed by atoms with van der Waals surface area (Å²) in [5.74, 6) is 0. The van der Waals surface area contributed by atoms with E-state index >= 15 is 0 Å². The molecule has 5 heteroatoms. The molecule has 0 aliphatic carbocycles. The van der Waals surface area contributed by atoms with E-state index in [9.17, 15) is 5.11 Å². The van der Waals surface area contributed by atoms with Crippen molar-refractivity contribution in [1.29, 1.82) is 0 Å². The predicted octanol–water partition coefficient (Wildman–Crippen LogP) is -3.81. The van der Waals surface area contributed by atoms with Gasteiger partial charge in [0.1, 0.15) is 18.2 Å². The van der Waals surface area contributed by atoms with Crippen molar-refractivity contribution in [3.63, 3.8) is 0 Å². The molecule has 4 nitrogen and oxygen atoms in total. The van der Waals surface area contributed by atoms with E-state index in [1.54, 1.807) is 0 Å². The molecule has 14 heavy (non-hydrogen) atoms. The highest BCUT2D eigenvalue weighted by atomic mass is 35.5. The average molecular weight is 228 g/mol. The summed E-state index contributed by atoms with van der Waals surface area (Å²) in [6.45, 7) is 4.11. The van der Waals surface area contributed by atoms with E-state index in [2.05, 4.69) is 0 Å². The van der Waals surface area contributed by atoms with Crippen LogP contribution < -0.4 is 12.4 Å². The fraction of sp³-hybridized carbons (Fsp3) is 1.00. The van der Waals surface area contributed by atoms with Crippen molar-refractivity contribution in [1.82, 2.24) is 0 Å². The van der Waals surface area contributed by atoms with Crippen LogP contribution in [-0.4, -0.2) is 65.3 Å². The van der Waals surface area contributed by atoms with Crippen LogP contribution in [0.4, 0.5) is 0 Å². The van der Waals surface area contributed by atoms with Gasteiger partial charge in [-0.2, -0.15) is 0 Å². The monoisotopic (exact) mass is 227 g/mol. The number of hydrogen-bond donors (Lipinski definition) is 3. The van der Waals surface area contributed by atoms with Crippen molar-refractivity contribution in [2.24, 2.45) is 0 Å². The van der Waals surface area contributed by atoms with Crippen molar-refractivity contribution in [3.05, 3.63) is 0 Å². The molecule has 0 aliphatic rings. The van der Waals surface area contributed by atoms with Gasteiger partial charge in [-0.15, -0.1) is 0 Å². The molecule has 0 bridgehead atoms. The van der Waals surface area contributed by atoms with Gasteiger partial charge in [0.05, 0.1) is 27.3 Å². The maximum Gasteiger partial charge on any atom is 0.126 e. The highest BCUT2D eigenvalue weighted by molar-refractivity contribution is 4.68.